The summed E-state index contributed by atoms with van der Waals surface area (Å²) in [5, 5.41) is 13.6. The molecule has 3 nitrogen and oxygen atoms in total. The first-order valence-electron chi connectivity index (χ1n) is 4.61. The first kappa shape index (κ1) is 13.0. The summed E-state index contributed by atoms with van der Waals surface area (Å²) in [6, 6.07) is 3.45. The van der Waals surface area contributed by atoms with Gasteiger partial charge in [-0.2, -0.15) is 0 Å². The number of aliphatic hydroxyl groups is 1. The lowest BCUT2D eigenvalue weighted by Gasteiger charge is -2.19. The van der Waals surface area contributed by atoms with Gasteiger partial charge in [-0.15, -0.1) is 11.3 Å². The molecule has 0 saturated heterocycles. The number of allylic oxidation sites excluding steroid dienone is 1. The van der Waals surface area contributed by atoms with Crippen molar-refractivity contribution in [3.05, 3.63) is 34.5 Å². The van der Waals surface area contributed by atoms with Gasteiger partial charge < -0.3 is 9.84 Å². The number of hydrogen-bond donors (Lipinski definition) is 1. The fraction of sp³-hybridized carbons (Fsp3) is 0.273. The minimum atomic E-state index is -1.71. The van der Waals surface area contributed by atoms with Gasteiger partial charge in [-0.05, 0) is 29.3 Å². The average Bonchev–Trinajstić information content (AvgIpc) is 2.82. The van der Waals surface area contributed by atoms with Crippen molar-refractivity contribution in [2.75, 3.05) is 7.11 Å². The normalized spacial score (nSPS) is 14.6. The van der Waals surface area contributed by atoms with Crippen LogP contribution < -0.4 is 0 Å². The highest BCUT2D eigenvalue weighted by atomic mass is 32.1. The van der Waals surface area contributed by atoms with Crippen LogP contribution in [0.3, 0.4) is 0 Å². The molecule has 0 radical (unpaired) electrons. The Morgan fingerprint density at radius 1 is 1.75 bits per heavy atom. The Morgan fingerprint density at radius 3 is 3.00 bits per heavy atom. The Labute approximate surface area is 103 Å². The molecular formula is C11H12O3S2. The summed E-state index contributed by atoms with van der Waals surface area (Å²) < 4.78 is 4.60. The van der Waals surface area contributed by atoms with E-state index in [0.29, 0.717) is 11.3 Å². The van der Waals surface area contributed by atoms with Gasteiger partial charge in [0.15, 0.2) is 0 Å². The number of thiophene rings is 1. The molecule has 0 aliphatic carbocycles. The maximum atomic E-state index is 11.6. The fourth-order valence-electron chi connectivity index (χ4n) is 1.20. The van der Waals surface area contributed by atoms with Crippen molar-refractivity contribution in [3.8, 4) is 0 Å². The number of hydrogen-bond acceptors (Lipinski definition) is 5. The largest absolute Gasteiger partial charge is 0.466 e. The molecule has 1 aromatic heterocycles. The Balaban J connectivity index is 3.02. The van der Waals surface area contributed by atoms with Crippen LogP contribution in [0.15, 0.2) is 29.7 Å². The van der Waals surface area contributed by atoms with Gasteiger partial charge in [0.25, 0.3) is 0 Å². The molecule has 0 aliphatic rings. The van der Waals surface area contributed by atoms with E-state index in [-0.39, 0.29) is 0 Å². The molecule has 5 heteroatoms. The van der Waals surface area contributed by atoms with Crippen molar-refractivity contribution in [2.45, 2.75) is 12.0 Å². The van der Waals surface area contributed by atoms with E-state index in [4.69, 9.17) is 0 Å². The van der Waals surface area contributed by atoms with Crippen LogP contribution in [0.2, 0.25) is 0 Å². The Bertz CT molecular complexity index is 384. The topological polar surface area (TPSA) is 46.5 Å². The molecule has 16 heavy (non-hydrogen) atoms. The molecule has 1 rings (SSSR count). The van der Waals surface area contributed by atoms with Gasteiger partial charge in [-0.3, -0.25) is 0 Å². The minimum Gasteiger partial charge on any atom is -0.466 e. The van der Waals surface area contributed by atoms with E-state index < -0.39 is 11.6 Å². The van der Waals surface area contributed by atoms with Crippen LogP contribution in [0.25, 0.3) is 0 Å². The fourth-order valence-corrected chi connectivity index (χ4v) is 2.10. The SMILES string of the molecule is COC(=O)C(O)(/C=C/CC=S)c1cccs1. The molecule has 0 fully saturated rings. The average molecular weight is 256 g/mol. The molecule has 0 saturated carbocycles. The first-order valence-corrected chi connectivity index (χ1v) is 5.96. The second kappa shape index (κ2) is 5.89. The number of thiocarbonyl (C=S) groups is 1. The van der Waals surface area contributed by atoms with Crippen LogP contribution >= 0.6 is 23.6 Å². The maximum Gasteiger partial charge on any atom is 0.347 e. The number of esters is 1. The second-order valence-electron chi connectivity index (χ2n) is 3.04. The van der Waals surface area contributed by atoms with E-state index in [1.807, 2.05) is 0 Å². The molecule has 0 bridgehead atoms. The highest BCUT2D eigenvalue weighted by Gasteiger charge is 2.37. The summed E-state index contributed by atoms with van der Waals surface area (Å²) in [7, 11) is 1.24. The quantitative estimate of drug-likeness (QED) is 0.497. The molecule has 1 heterocycles. The van der Waals surface area contributed by atoms with Crippen molar-refractivity contribution in [1.82, 2.24) is 0 Å². The van der Waals surface area contributed by atoms with Gasteiger partial charge in [-0.25, -0.2) is 4.79 Å². The summed E-state index contributed by atoms with van der Waals surface area (Å²) in [6.07, 6.45) is 3.57. The summed E-state index contributed by atoms with van der Waals surface area (Å²) >= 11 is 5.96. The summed E-state index contributed by atoms with van der Waals surface area (Å²) in [6.45, 7) is 0. The van der Waals surface area contributed by atoms with E-state index in [9.17, 15) is 9.90 Å². The Kier molecular flexibility index (Phi) is 4.79. The number of methoxy groups -OCH3 is 1. The summed E-state index contributed by atoms with van der Waals surface area (Å²) in [5.74, 6) is -0.699. The van der Waals surface area contributed by atoms with Crippen molar-refractivity contribution in [1.29, 1.82) is 0 Å². The molecule has 1 aromatic rings. The Morgan fingerprint density at radius 2 is 2.50 bits per heavy atom. The van der Waals surface area contributed by atoms with Gasteiger partial charge in [0.05, 0.1) is 12.0 Å². The van der Waals surface area contributed by atoms with Crippen LogP contribution in [-0.2, 0) is 15.1 Å². The number of rotatable bonds is 5. The lowest BCUT2D eigenvalue weighted by molar-refractivity contribution is -0.157. The zero-order chi connectivity index (χ0) is 12.0. The minimum absolute atomic E-state index is 0.514. The van der Waals surface area contributed by atoms with Crippen molar-refractivity contribution in [3.63, 3.8) is 0 Å². The van der Waals surface area contributed by atoms with Crippen molar-refractivity contribution in [2.24, 2.45) is 0 Å². The van der Waals surface area contributed by atoms with E-state index in [1.54, 1.807) is 23.6 Å². The van der Waals surface area contributed by atoms with Crippen molar-refractivity contribution >= 4 is 34.9 Å². The van der Waals surface area contributed by atoms with Gasteiger partial charge in [0.1, 0.15) is 0 Å². The molecule has 1 atom stereocenters. The number of ether oxygens (including phenoxy) is 1. The molecule has 86 valence electrons. The standard InChI is InChI=1S/C11H12O3S2/c1-14-10(12)11(13,6-2-3-7-15)9-5-4-8-16-9/h2,4-8,13H,3H2,1H3/b6-2+. The van der Waals surface area contributed by atoms with E-state index in [1.165, 1.54) is 29.9 Å². The molecule has 0 spiro atoms. The lowest BCUT2D eigenvalue weighted by Crippen LogP contribution is -2.33. The lowest BCUT2D eigenvalue weighted by atomic mass is 10.0. The van der Waals surface area contributed by atoms with E-state index >= 15 is 0 Å². The number of carbonyl (C=O) groups is 1. The molecule has 1 unspecified atom stereocenters. The predicted octanol–water partition coefficient (Wildman–Crippen LogP) is 2.05. The molecule has 1 N–H and O–H groups in total. The Hall–Kier alpha value is -1.04. The summed E-state index contributed by atoms with van der Waals surface area (Å²) in [5.41, 5.74) is -1.71. The molecular weight excluding hydrogens is 244 g/mol. The highest BCUT2D eigenvalue weighted by Crippen LogP contribution is 2.28. The van der Waals surface area contributed by atoms with Crippen LogP contribution in [0, 0.1) is 0 Å². The third kappa shape index (κ3) is 2.75. The van der Waals surface area contributed by atoms with E-state index in [2.05, 4.69) is 17.0 Å². The third-order valence-electron chi connectivity index (χ3n) is 1.98. The van der Waals surface area contributed by atoms with Gasteiger partial charge >= 0.3 is 5.97 Å². The first-order chi connectivity index (χ1) is 7.65. The maximum absolute atomic E-state index is 11.6. The zero-order valence-electron chi connectivity index (χ0n) is 8.75. The van der Waals surface area contributed by atoms with Gasteiger partial charge in [0.2, 0.25) is 5.60 Å². The highest BCUT2D eigenvalue weighted by molar-refractivity contribution is 7.78. The molecule has 0 aliphatic heterocycles. The monoisotopic (exact) mass is 256 g/mol. The molecule has 0 amide bonds. The summed E-state index contributed by atoms with van der Waals surface area (Å²) in [4.78, 5) is 12.1. The van der Waals surface area contributed by atoms with Crippen LogP contribution in [0.5, 0.6) is 0 Å². The molecule has 0 aromatic carbocycles. The van der Waals surface area contributed by atoms with Gasteiger partial charge in [0, 0.05) is 0 Å². The predicted molar refractivity (Wildman–Crippen MR) is 67.6 cm³/mol. The smallest absolute Gasteiger partial charge is 0.347 e. The van der Waals surface area contributed by atoms with Crippen molar-refractivity contribution < 1.29 is 14.6 Å². The zero-order valence-corrected chi connectivity index (χ0v) is 10.4. The second-order valence-corrected chi connectivity index (χ2v) is 4.32. The van der Waals surface area contributed by atoms with Crippen LogP contribution in [-0.4, -0.2) is 23.6 Å². The van der Waals surface area contributed by atoms with E-state index in [0.717, 1.165) is 0 Å². The van der Waals surface area contributed by atoms with Crippen LogP contribution in [0.1, 0.15) is 11.3 Å². The number of carbonyl (C=O) groups excluding carboxylic acids is 1. The van der Waals surface area contributed by atoms with Crippen LogP contribution in [0.4, 0.5) is 0 Å². The van der Waals surface area contributed by atoms with Gasteiger partial charge in [-0.1, -0.05) is 24.4 Å². The third-order valence-corrected chi connectivity index (χ3v) is 3.17.